The van der Waals surface area contributed by atoms with Crippen molar-refractivity contribution in [3.8, 4) is 0 Å². The van der Waals surface area contributed by atoms with E-state index in [2.05, 4.69) is 67.0 Å². The molecule has 0 aliphatic heterocycles. The lowest BCUT2D eigenvalue weighted by Gasteiger charge is -2.20. The first kappa shape index (κ1) is 54.4. The van der Waals surface area contributed by atoms with Gasteiger partial charge in [-0.25, -0.2) is 4.57 Å². The highest BCUT2D eigenvalue weighted by Crippen LogP contribution is 2.43. The maximum atomic E-state index is 12.6. The molecule has 0 heterocycles. The van der Waals surface area contributed by atoms with Gasteiger partial charge in [-0.3, -0.25) is 23.4 Å². The number of hydrogen-bond donors (Lipinski definition) is 3. The van der Waals surface area contributed by atoms with Crippen molar-refractivity contribution in [3.05, 3.63) is 48.6 Å². The first-order chi connectivity index (χ1) is 27.6. The lowest BCUT2D eigenvalue weighted by atomic mass is 10.0. The van der Waals surface area contributed by atoms with Crippen molar-refractivity contribution in [2.75, 3.05) is 19.8 Å². The molecule has 0 saturated heterocycles. The van der Waals surface area contributed by atoms with Crippen LogP contribution in [0.15, 0.2) is 48.6 Å². The van der Waals surface area contributed by atoms with E-state index in [0.29, 0.717) is 12.8 Å². The van der Waals surface area contributed by atoms with Gasteiger partial charge in [0.15, 0.2) is 6.10 Å². The van der Waals surface area contributed by atoms with Crippen LogP contribution in [0.1, 0.15) is 187 Å². The minimum Gasteiger partial charge on any atom is -0.480 e. The Balaban J connectivity index is 4.39. The van der Waals surface area contributed by atoms with Crippen LogP contribution in [0.5, 0.6) is 0 Å². The number of aliphatic carboxylic acids is 1. The topological polar surface area (TPSA) is 172 Å². The summed E-state index contributed by atoms with van der Waals surface area (Å²) in [4.78, 5) is 46.0. The standard InChI is InChI=1S/C45H80NO10P/c1-3-5-7-9-11-13-15-17-19-21-23-25-27-29-31-33-35-37-44(48)56-41(39-54-57(51,52)55-40-42(46)45(49)50)38-53-43(47)36-34-32-30-28-26-24-22-20-18-16-14-12-10-8-6-4-2/h5,7,11,13,17,19,23,25,41-42H,3-4,6,8-10,12,14-16,18,20-22,24,26-40,46H2,1-2H3,(H,49,50)(H,51,52)/b7-5-,13-11-,19-17-,25-23-. The molecule has 0 radical (unpaired) electrons. The molecule has 0 aromatic heterocycles. The lowest BCUT2D eigenvalue weighted by molar-refractivity contribution is -0.161. The molecule has 330 valence electrons. The summed E-state index contributed by atoms with van der Waals surface area (Å²) in [6, 6.07) is -1.53. The maximum Gasteiger partial charge on any atom is 0.472 e. The molecule has 0 amide bonds. The van der Waals surface area contributed by atoms with Crippen LogP contribution in [0.3, 0.4) is 0 Å². The third kappa shape index (κ3) is 40.0. The maximum absolute atomic E-state index is 12.6. The fourth-order valence-electron chi connectivity index (χ4n) is 5.88. The predicted molar refractivity (Wildman–Crippen MR) is 231 cm³/mol. The number of esters is 2. The van der Waals surface area contributed by atoms with Gasteiger partial charge in [0.2, 0.25) is 0 Å². The van der Waals surface area contributed by atoms with Crippen LogP contribution in [-0.2, 0) is 37.5 Å². The molecule has 0 aromatic carbocycles. The fraction of sp³-hybridized carbons (Fsp3) is 0.756. The van der Waals surface area contributed by atoms with E-state index in [9.17, 15) is 23.8 Å². The van der Waals surface area contributed by atoms with Crippen molar-refractivity contribution in [1.82, 2.24) is 0 Å². The smallest absolute Gasteiger partial charge is 0.472 e. The van der Waals surface area contributed by atoms with Crippen LogP contribution in [-0.4, -0.2) is 59.9 Å². The number of carboxylic acid groups (broad SMARTS) is 1. The van der Waals surface area contributed by atoms with Crippen molar-refractivity contribution >= 4 is 25.7 Å². The van der Waals surface area contributed by atoms with Gasteiger partial charge in [-0.2, -0.15) is 0 Å². The minimum absolute atomic E-state index is 0.133. The van der Waals surface area contributed by atoms with E-state index in [-0.39, 0.29) is 19.4 Å². The van der Waals surface area contributed by atoms with E-state index in [0.717, 1.165) is 70.6 Å². The molecule has 12 heteroatoms. The highest BCUT2D eigenvalue weighted by atomic mass is 31.2. The molecular weight excluding hydrogens is 745 g/mol. The minimum atomic E-state index is -4.72. The van der Waals surface area contributed by atoms with Crippen molar-refractivity contribution < 1.29 is 47.5 Å². The lowest BCUT2D eigenvalue weighted by Crippen LogP contribution is -2.34. The van der Waals surface area contributed by atoms with Gasteiger partial charge in [-0.05, 0) is 51.4 Å². The Morgan fingerprint density at radius 3 is 1.47 bits per heavy atom. The van der Waals surface area contributed by atoms with Gasteiger partial charge in [0, 0.05) is 12.8 Å². The molecule has 0 fully saturated rings. The molecular formula is C45H80NO10P. The summed E-state index contributed by atoms with van der Waals surface area (Å²) in [7, 11) is -4.72. The summed E-state index contributed by atoms with van der Waals surface area (Å²) in [5.41, 5.74) is 5.33. The Morgan fingerprint density at radius 1 is 0.561 bits per heavy atom. The summed E-state index contributed by atoms with van der Waals surface area (Å²) in [6.07, 6.45) is 44.6. The number of ether oxygens (including phenoxy) is 2. The average Bonchev–Trinajstić information content (AvgIpc) is 3.19. The second-order valence-corrected chi connectivity index (χ2v) is 16.3. The molecule has 0 saturated carbocycles. The van der Waals surface area contributed by atoms with Crippen molar-refractivity contribution in [1.29, 1.82) is 0 Å². The van der Waals surface area contributed by atoms with E-state index in [1.807, 2.05) is 0 Å². The van der Waals surface area contributed by atoms with E-state index >= 15 is 0 Å². The molecule has 0 bridgehead atoms. The van der Waals surface area contributed by atoms with Crippen LogP contribution in [0.2, 0.25) is 0 Å². The number of nitrogens with two attached hydrogens (primary N) is 1. The van der Waals surface area contributed by atoms with E-state index in [4.69, 9.17) is 24.8 Å². The first-order valence-electron chi connectivity index (χ1n) is 22.2. The van der Waals surface area contributed by atoms with Crippen LogP contribution in [0.25, 0.3) is 0 Å². The predicted octanol–water partition coefficient (Wildman–Crippen LogP) is 11.8. The summed E-state index contributed by atoms with van der Waals surface area (Å²) < 4.78 is 32.7. The van der Waals surface area contributed by atoms with E-state index < -0.39 is 51.1 Å². The van der Waals surface area contributed by atoms with Gasteiger partial charge in [-0.15, -0.1) is 0 Å². The van der Waals surface area contributed by atoms with Gasteiger partial charge in [0.05, 0.1) is 13.2 Å². The number of unbranched alkanes of at least 4 members (excludes halogenated alkanes) is 19. The number of phosphoric acid groups is 1. The monoisotopic (exact) mass is 826 g/mol. The molecule has 0 aliphatic carbocycles. The number of rotatable bonds is 41. The zero-order valence-electron chi connectivity index (χ0n) is 35.7. The summed E-state index contributed by atoms with van der Waals surface area (Å²) in [5.74, 6) is -2.41. The SMILES string of the molecule is CC/C=C\C/C=C\C/C=C\C/C=C\CCCCCCC(=O)OC(COC(=O)CCCCCCCCCCCCCCCCCC)COP(=O)(O)OCC(N)C(=O)O. The largest absolute Gasteiger partial charge is 0.480 e. The number of carbonyl (C=O) groups is 3. The highest BCUT2D eigenvalue weighted by molar-refractivity contribution is 7.47. The molecule has 0 aliphatic rings. The Morgan fingerprint density at radius 2 is 0.982 bits per heavy atom. The number of carbonyl (C=O) groups excluding carboxylic acids is 2. The van der Waals surface area contributed by atoms with Crippen molar-refractivity contribution in [2.24, 2.45) is 5.73 Å². The summed E-state index contributed by atoms with van der Waals surface area (Å²) >= 11 is 0. The van der Waals surface area contributed by atoms with E-state index in [1.165, 1.54) is 77.0 Å². The number of carboxylic acids is 1. The summed E-state index contributed by atoms with van der Waals surface area (Å²) in [5, 5.41) is 8.89. The van der Waals surface area contributed by atoms with Crippen LogP contribution < -0.4 is 5.73 Å². The zero-order chi connectivity index (χ0) is 42.1. The molecule has 3 unspecified atom stereocenters. The third-order valence-electron chi connectivity index (χ3n) is 9.34. The van der Waals surface area contributed by atoms with Gasteiger partial charge >= 0.3 is 25.7 Å². The Bertz CT molecular complexity index is 1150. The second kappa shape index (κ2) is 40.2. The van der Waals surface area contributed by atoms with E-state index in [1.54, 1.807) is 0 Å². The zero-order valence-corrected chi connectivity index (χ0v) is 36.6. The van der Waals surface area contributed by atoms with Gasteiger partial charge in [-0.1, -0.05) is 172 Å². The highest BCUT2D eigenvalue weighted by Gasteiger charge is 2.28. The Labute approximate surface area is 345 Å². The quantitative estimate of drug-likeness (QED) is 0.0232. The molecule has 3 atom stereocenters. The number of allylic oxidation sites excluding steroid dienone is 8. The van der Waals surface area contributed by atoms with Gasteiger partial charge in [0.1, 0.15) is 12.6 Å². The van der Waals surface area contributed by atoms with Crippen molar-refractivity contribution in [2.45, 2.75) is 199 Å². The van der Waals surface area contributed by atoms with Gasteiger partial charge < -0.3 is 25.2 Å². The first-order valence-corrected chi connectivity index (χ1v) is 23.7. The molecule has 0 aromatic rings. The van der Waals surface area contributed by atoms with Crippen molar-refractivity contribution in [3.63, 3.8) is 0 Å². The Hall–Kier alpha value is -2.56. The van der Waals surface area contributed by atoms with Crippen LogP contribution in [0, 0.1) is 0 Å². The molecule has 4 N–H and O–H groups in total. The fourth-order valence-corrected chi connectivity index (χ4v) is 6.66. The summed E-state index contributed by atoms with van der Waals surface area (Å²) in [6.45, 7) is 2.67. The van der Waals surface area contributed by atoms with Crippen LogP contribution >= 0.6 is 7.82 Å². The number of phosphoric ester groups is 1. The normalized spacial score (nSPS) is 14.2. The second-order valence-electron chi connectivity index (χ2n) is 14.8. The Kier molecular flexibility index (Phi) is 38.4. The third-order valence-corrected chi connectivity index (χ3v) is 10.3. The van der Waals surface area contributed by atoms with Crippen LogP contribution in [0.4, 0.5) is 0 Å². The molecule has 57 heavy (non-hydrogen) atoms. The number of hydrogen-bond acceptors (Lipinski definition) is 9. The molecule has 0 rings (SSSR count). The van der Waals surface area contributed by atoms with Gasteiger partial charge in [0.25, 0.3) is 0 Å². The average molecular weight is 826 g/mol. The molecule has 11 nitrogen and oxygen atoms in total. The molecule has 0 spiro atoms.